The van der Waals surface area contributed by atoms with Crippen LogP contribution in [0.1, 0.15) is 42.6 Å². The Labute approximate surface area is 113 Å². The first-order valence-corrected chi connectivity index (χ1v) is 6.74. The van der Waals surface area contributed by atoms with Crippen molar-refractivity contribution in [2.24, 2.45) is 5.73 Å². The number of rotatable bonds is 5. The second-order valence-corrected chi connectivity index (χ2v) is 4.80. The fraction of sp³-hybridized carbons (Fsp3) is 0.312. The van der Waals surface area contributed by atoms with Gasteiger partial charge in [0.15, 0.2) is 0 Å². The van der Waals surface area contributed by atoms with Crippen molar-refractivity contribution in [1.29, 1.82) is 0 Å². The highest BCUT2D eigenvalue weighted by atomic mass is 16.1. The molecule has 1 aromatic heterocycles. The predicted octanol–water partition coefficient (Wildman–Crippen LogP) is 2.77. The van der Waals surface area contributed by atoms with Crippen LogP contribution in [-0.4, -0.2) is 4.98 Å². The maximum atomic E-state index is 11.7. The van der Waals surface area contributed by atoms with E-state index in [0.717, 1.165) is 36.1 Å². The summed E-state index contributed by atoms with van der Waals surface area (Å²) >= 11 is 0. The average molecular weight is 256 g/mol. The molecule has 0 aliphatic rings. The molecule has 0 radical (unpaired) electrons. The first-order valence-electron chi connectivity index (χ1n) is 6.74. The Kier molecular flexibility index (Phi) is 4.53. The molecule has 0 amide bonds. The smallest absolute Gasteiger partial charge is 0.248 e. The Morgan fingerprint density at radius 2 is 1.89 bits per heavy atom. The highest BCUT2D eigenvalue weighted by Gasteiger charge is 2.10. The fourth-order valence-corrected chi connectivity index (χ4v) is 2.16. The predicted molar refractivity (Wildman–Crippen MR) is 78.1 cm³/mol. The number of pyridine rings is 1. The van der Waals surface area contributed by atoms with Gasteiger partial charge in [0.05, 0.1) is 6.04 Å². The van der Waals surface area contributed by atoms with Crippen LogP contribution in [0.15, 0.2) is 47.3 Å². The van der Waals surface area contributed by atoms with Crippen molar-refractivity contribution in [3.8, 4) is 0 Å². The van der Waals surface area contributed by atoms with Crippen LogP contribution < -0.4 is 11.3 Å². The van der Waals surface area contributed by atoms with Gasteiger partial charge in [0.2, 0.25) is 5.56 Å². The van der Waals surface area contributed by atoms with Gasteiger partial charge in [0.1, 0.15) is 0 Å². The summed E-state index contributed by atoms with van der Waals surface area (Å²) in [5.41, 5.74) is 9.02. The maximum Gasteiger partial charge on any atom is 0.248 e. The van der Waals surface area contributed by atoms with Gasteiger partial charge in [-0.15, -0.1) is 0 Å². The molecule has 0 saturated heterocycles. The number of unbranched alkanes of at least 4 members (excludes halogenated alkanes) is 1. The van der Waals surface area contributed by atoms with E-state index >= 15 is 0 Å². The summed E-state index contributed by atoms with van der Waals surface area (Å²) in [6.07, 6.45) is 3.07. The summed E-state index contributed by atoms with van der Waals surface area (Å²) < 4.78 is 0. The van der Waals surface area contributed by atoms with Crippen LogP contribution in [0.25, 0.3) is 0 Å². The van der Waals surface area contributed by atoms with E-state index in [2.05, 4.69) is 11.9 Å². The SMILES string of the molecule is CCCCc1cc(C(N)c2ccccc2)cc(=O)[nH]1. The van der Waals surface area contributed by atoms with Gasteiger partial charge in [0.25, 0.3) is 0 Å². The highest BCUT2D eigenvalue weighted by Crippen LogP contribution is 2.18. The van der Waals surface area contributed by atoms with Crippen LogP contribution in [0, 0.1) is 0 Å². The molecule has 1 heterocycles. The quantitative estimate of drug-likeness (QED) is 0.864. The molecule has 0 aliphatic heterocycles. The summed E-state index contributed by atoms with van der Waals surface area (Å²) in [4.78, 5) is 14.6. The van der Waals surface area contributed by atoms with E-state index in [4.69, 9.17) is 5.73 Å². The van der Waals surface area contributed by atoms with Crippen LogP contribution in [0.5, 0.6) is 0 Å². The van der Waals surface area contributed by atoms with Gasteiger partial charge in [-0.25, -0.2) is 0 Å². The first-order chi connectivity index (χ1) is 9.20. The normalized spacial score (nSPS) is 12.3. The van der Waals surface area contributed by atoms with Gasteiger partial charge in [-0.1, -0.05) is 43.7 Å². The lowest BCUT2D eigenvalue weighted by Gasteiger charge is -2.13. The number of hydrogen-bond acceptors (Lipinski definition) is 2. The largest absolute Gasteiger partial charge is 0.326 e. The molecule has 2 aromatic rings. The number of nitrogens with one attached hydrogen (secondary N) is 1. The Morgan fingerprint density at radius 1 is 1.16 bits per heavy atom. The van der Waals surface area contributed by atoms with Crippen molar-refractivity contribution in [3.05, 3.63) is 69.6 Å². The molecule has 0 spiro atoms. The number of aromatic amines is 1. The third-order valence-electron chi connectivity index (χ3n) is 3.24. The highest BCUT2D eigenvalue weighted by molar-refractivity contribution is 5.31. The Hall–Kier alpha value is -1.87. The lowest BCUT2D eigenvalue weighted by Crippen LogP contribution is -2.17. The second-order valence-electron chi connectivity index (χ2n) is 4.80. The van der Waals surface area contributed by atoms with Gasteiger partial charge in [-0.2, -0.15) is 0 Å². The Balaban J connectivity index is 2.29. The van der Waals surface area contributed by atoms with Gasteiger partial charge in [-0.3, -0.25) is 4.79 Å². The zero-order chi connectivity index (χ0) is 13.7. The van der Waals surface area contributed by atoms with Crippen molar-refractivity contribution >= 4 is 0 Å². The molecule has 0 saturated carbocycles. The van der Waals surface area contributed by atoms with E-state index in [0.29, 0.717) is 0 Å². The fourth-order valence-electron chi connectivity index (χ4n) is 2.16. The van der Waals surface area contributed by atoms with E-state index in [9.17, 15) is 4.79 Å². The zero-order valence-corrected chi connectivity index (χ0v) is 11.2. The Morgan fingerprint density at radius 3 is 2.58 bits per heavy atom. The summed E-state index contributed by atoms with van der Waals surface area (Å²) in [5, 5.41) is 0. The van der Waals surface area contributed by atoms with Gasteiger partial charge in [-0.05, 0) is 30.0 Å². The van der Waals surface area contributed by atoms with Crippen molar-refractivity contribution in [2.45, 2.75) is 32.2 Å². The summed E-state index contributed by atoms with van der Waals surface area (Å²) in [5.74, 6) is 0. The van der Waals surface area contributed by atoms with Crippen LogP contribution in [0.2, 0.25) is 0 Å². The van der Waals surface area contributed by atoms with E-state index in [1.165, 1.54) is 0 Å². The molecule has 0 bridgehead atoms. The first kappa shape index (κ1) is 13.6. The molecular weight excluding hydrogens is 236 g/mol. The standard InChI is InChI=1S/C16H20N2O/c1-2-3-9-14-10-13(11-15(19)18-14)16(17)12-7-5-4-6-8-12/h4-8,10-11,16H,2-3,9,17H2,1H3,(H,18,19). The third-order valence-corrected chi connectivity index (χ3v) is 3.24. The second kappa shape index (κ2) is 6.34. The molecular formula is C16H20N2O. The zero-order valence-electron chi connectivity index (χ0n) is 11.2. The third kappa shape index (κ3) is 3.55. The van der Waals surface area contributed by atoms with Gasteiger partial charge < -0.3 is 10.7 Å². The van der Waals surface area contributed by atoms with E-state index < -0.39 is 0 Å². The molecule has 3 N–H and O–H groups in total. The Bertz CT molecular complexity index is 575. The number of H-pyrrole nitrogens is 1. The topological polar surface area (TPSA) is 58.9 Å². The molecule has 100 valence electrons. The summed E-state index contributed by atoms with van der Waals surface area (Å²) in [7, 11) is 0. The number of aryl methyl sites for hydroxylation is 1. The molecule has 19 heavy (non-hydrogen) atoms. The minimum Gasteiger partial charge on any atom is -0.326 e. The van der Waals surface area contributed by atoms with Crippen molar-refractivity contribution in [2.75, 3.05) is 0 Å². The van der Waals surface area contributed by atoms with Crippen molar-refractivity contribution in [3.63, 3.8) is 0 Å². The maximum absolute atomic E-state index is 11.7. The number of nitrogens with two attached hydrogens (primary N) is 1. The molecule has 0 aliphatic carbocycles. The molecule has 1 atom stereocenters. The van der Waals surface area contributed by atoms with Crippen molar-refractivity contribution in [1.82, 2.24) is 4.98 Å². The monoisotopic (exact) mass is 256 g/mol. The molecule has 1 aromatic carbocycles. The molecule has 1 unspecified atom stereocenters. The van der Waals surface area contributed by atoms with E-state index in [-0.39, 0.29) is 11.6 Å². The van der Waals surface area contributed by atoms with Gasteiger partial charge >= 0.3 is 0 Å². The number of aromatic nitrogens is 1. The van der Waals surface area contributed by atoms with Crippen LogP contribution in [-0.2, 0) is 6.42 Å². The lowest BCUT2D eigenvalue weighted by atomic mass is 9.99. The summed E-state index contributed by atoms with van der Waals surface area (Å²) in [6.45, 7) is 2.14. The average Bonchev–Trinajstić information content (AvgIpc) is 2.44. The van der Waals surface area contributed by atoms with Crippen LogP contribution in [0.4, 0.5) is 0 Å². The number of hydrogen-bond donors (Lipinski definition) is 2. The molecule has 3 nitrogen and oxygen atoms in total. The summed E-state index contributed by atoms with van der Waals surface area (Å²) in [6, 6.07) is 13.2. The molecule has 2 rings (SSSR count). The van der Waals surface area contributed by atoms with E-state index in [1.807, 2.05) is 36.4 Å². The van der Waals surface area contributed by atoms with Crippen molar-refractivity contribution < 1.29 is 0 Å². The minimum absolute atomic E-state index is 0.0741. The van der Waals surface area contributed by atoms with Gasteiger partial charge in [0, 0.05) is 11.8 Å². The number of benzene rings is 1. The lowest BCUT2D eigenvalue weighted by molar-refractivity contribution is 0.766. The van der Waals surface area contributed by atoms with Crippen LogP contribution >= 0.6 is 0 Å². The molecule has 3 heteroatoms. The molecule has 0 fully saturated rings. The van der Waals surface area contributed by atoms with Crippen LogP contribution in [0.3, 0.4) is 0 Å². The van der Waals surface area contributed by atoms with E-state index in [1.54, 1.807) is 6.07 Å². The minimum atomic E-state index is -0.246.